The molecule has 6 nitrogen and oxygen atoms in total. The Hall–Kier alpha value is -1.93. The lowest BCUT2D eigenvalue weighted by atomic mass is 10.3. The van der Waals surface area contributed by atoms with Crippen LogP contribution in [0.25, 0.3) is 0 Å². The third kappa shape index (κ3) is 4.54. The summed E-state index contributed by atoms with van der Waals surface area (Å²) in [6.45, 7) is 3.32. The maximum Gasteiger partial charge on any atom is 0.244 e. The Kier molecular flexibility index (Phi) is 6.32. The normalized spacial score (nSPS) is 11.0. The molecule has 0 aliphatic heterocycles. The third-order valence-corrected chi connectivity index (χ3v) is 4.69. The molecular formula is C14H17N3O3S. The van der Waals surface area contributed by atoms with Crippen molar-refractivity contribution in [3.63, 3.8) is 0 Å². The quantitative estimate of drug-likeness (QED) is 0.810. The van der Waals surface area contributed by atoms with Gasteiger partial charge in [-0.15, -0.1) is 0 Å². The summed E-state index contributed by atoms with van der Waals surface area (Å²) >= 11 is 0. The van der Waals surface area contributed by atoms with Gasteiger partial charge in [-0.1, -0.05) is 11.8 Å². The summed E-state index contributed by atoms with van der Waals surface area (Å²) in [5.74, 6) is 5.06. The van der Waals surface area contributed by atoms with E-state index in [2.05, 4.69) is 16.8 Å². The summed E-state index contributed by atoms with van der Waals surface area (Å²) < 4.78 is 26.4. The molecular weight excluding hydrogens is 290 g/mol. The van der Waals surface area contributed by atoms with Crippen LogP contribution in [0.5, 0.6) is 0 Å². The van der Waals surface area contributed by atoms with Gasteiger partial charge in [0.2, 0.25) is 10.0 Å². The minimum Gasteiger partial charge on any atom is -0.384 e. The number of aromatic nitrogens is 1. The van der Waals surface area contributed by atoms with Gasteiger partial charge in [-0.2, -0.15) is 9.57 Å². The summed E-state index contributed by atoms with van der Waals surface area (Å²) in [5, 5.41) is 17.3. The molecule has 0 aromatic carbocycles. The van der Waals surface area contributed by atoms with E-state index < -0.39 is 10.0 Å². The van der Waals surface area contributed by atoms with Gasteiger partial charge in [-0.05, 0) is 19.9 Å². The third-order valence-electron chi connectivity index (χ3n) is 2.65. The molecule has 0 aliphatic rings. The van der Waals surface area contributed by atoms with Gasteiger partial charge in [-0.3, -0.25) is 4.98 Å². The van der Waals surface area contributed by atoms with E-state index in [9.17, 15) is 8.42 Å². The molecule has 0 radical (unpaired) electrons. The van der Waals surface area contributed by atoms with E-state index in [0.29, 0.717) is 5.56 Å². The smallest absolute Gasteiger partial charge is 0.244 e. The van der Waals surface area contributed by atoms with Crippen molar-refractivity contribution in [2.45, 2.75) is 31.2 Å². The van der Waals surface area contributed by atoms with Gasteiger partial charge >= 0.3 is 0 Å². The zero-order valence-electron chi connectivity index (χ0n) is 11.9. The van der Waals surface area contributed by atoms with E-state index >= 15 is 0 Å². The Morgan fingerprint density at radius 3 is 2.71 bits per heavy atom. The minimum atomic E-state index is -3.73. The average Bonchev–Trinajstić information content (AvgIpc) is 2.45. The summed E-state index contributed by atoms with van der Waals surface area (Å²) in [5.41, 5.74) is 0.411. The Morgan fingerprint density at radius 2 is 2.14 bits per heavy atom. The first-order chi connectivity index (χ1) is 9.93. The van der Waals surface area contributed by atoms with Crippen LogP contribution < -0.4 is 0 Å². The number of nitriles is 1. The van der Waals surface area contributed by atoms with Gasteiger partial charge < -0.3 is 5.11 Å². The fourth-order valence-corrected chi connectivity index (χ4v) is 3.35. The molecule has 112 valence electrons. The van der Waals surface area contributed by atoms with Gasteiger partial charge in [0.25, 0.3) is 0 Å². The SMILES string of the molecule is CC(C)N(CCC#N)S(=O)(=O)c1cncc(C#CCO)c1. The summed E-state index contributed by atoms with van der Waals surface area (Å²) in [7, 11) is -3.73. The maximum atomic E-state index is 12.6. The Morgan fingerprint density at radius 1 is 1.43 bits per heavy atom. The number of hydrogen-bond acceptors (Lipinski definition) is 5. The molecule has 0 aliphatic carbocycles. The van der Waals surface area contributed by atoms with Gasteiger partial charge in [0.15, 0.2) is 0 Å². The van der Waals surface area contributed by atoms with Crippen LogP contribution in [0.4, 0.5) is 0 Å². The van der Waals surface area contributed by atoms with Gasteiger partial charge in [-0.25, -0.2) is 8.42 Å². The number of pyridine rings is 1. The first-order valence-electron chi connectivity index (χ1n) is 6.37. The van der Waals surface area contributed by atoms with Crippen LogP contribution in [-0.4, -0.2) is 42.0 Å². The highest BCUT2D eigenvalue weighted by molar-refractivity contribution is 7.89. The van der Waals surface area contributed by atoms with Crippen LogP contribution in [0.1, 0.15) is 25.8 Å². The fourth-order valence-electron chi connectivity index (χ4n) is 1.72. The second-order valence-electron chi connectivity index (χ2n) is 4.49. The van der Waals surface area contributed by atoms with E-state index in [1.807, 2.05) is 6.07 Å². The first-order valence-corrected chi connectivity index (χ1v) is 7.81. The molecule has 0 spiro atoms. The number of aliphatic hydroxyl groups excluding tert-OH is 1. The lowest BCUT2D eigenvalue weighted by Crippen LogP contribution is -2.37. The van der Waals surface area contributed by atoms with Crippen molar-refractivity contribution in [3.8, 4) is 17.9 Å². The van der Waals surface area contributed by atoms with Crippen molar-refractivity contribution in [2.75, 3.05) is 13.2 Å². The molecule has 0 fully saturated rings. The van der Waals surface area contributed by atoms with Crippen LogP contribution in [0.3, 0.4) is 0 Å². The molecule has 1 aromatic heterocycles. The Balaban J connectivity index is 3.19. The summed E-state index contributed by atoms with van der Waals surface area (Å²) in [6, 6.07) is 3.09. The van der Waals surface area contributed by atoms with Crippen LogP contribution in [0, 0.1) is 23.2 Å². The summed E-state index contributed by atoms with van der Waals surface area (Å²) in [4.78, 5) is 3.90. The zero-order valence-corrected chi connectivity index (χ0v) is 12.8. The van der Waals surface area contributed by atoms with Gasteiger partial charge in [0.05, 0.1) is 6.07 Å². The highest BCUT2D eigenvalue weighted by atomic mass is 32.2. The van der Waals surface area contributed by atoms with Crippen molar-refractivity contribution in [3.05, 3.63) is 24.0 Å². The molecule has 21 heavy (non-hydrogen) atoms. The molecule has 1 heterocycles. The molecule has 0 bridgehead atoms. The second kappa shape index (κ2) is 7.75. The zero-order chi connectivity index (χ0) is 15.9. The largest absolute Gasteiger partial charge is 0.384 e. The van der Waals surface area contributed by atoms with Crippen LogP contribution in [-0.2, 0) is 10.0 Å². The van der Waals surface area contributed by atoms with Crippen molar-refractivity contribution in [1.82, 2.24) is 9.29 Å². The van der Waals surface area contributed by atoms with Crippen molar-refractivity contribution in [1.29, 1.82) is 5.26 Å². The van der Waals surface area contributed by atoms with Crippen LogP contribution >= 0.6 is 0 Å². The van der Waals surface area contributed by atoms with E-state index in [1.54, 1.807) is 13.8 Å². The molecule has 0 saturated carbocycles. The molecule has 1 rings (SSSR count). The van der Waals surface area contributed by atoms with Crippen molar-refractivity contribution < 1.29 is 13.5 Å². The number of hydrogen-bond donors (Lipinski definition) is 1. The molecule has 1 aromatic rings. The number of rotatable bonds is 5. The van der Waals surface area contributed by atoms with Crippen LogP contribution in [0.2, 0.25) is 0 Å². The standard InChI is InChI=1S/C14H17N3O3S/c1-12(2)17(7-4-6-15)21(19,20)14-9-13(5-3-8-18)10-16-11-14/h9-12,18H,4,7-8H2,1-2H3. The maximum absolute atomic E-state index is 12.6. The number of aliphatic hydroxyl groups is 1. The monoisotopic (exact) mass is 307 g/mol. The number of nitrogens with zero attached hydrogens (tertiary/aromatic N) is 3. The van der Waals surface area contributed by atoms with E-state index in [1.165, 1.54) is 22.8 Å². The average molecular weight is 307 g/mol. The molecule has 0 saturated heterocycles. The summed E-state index contributed by atoms with van der Waals surface area (Å²) in [6.07, 6.45) is 2.80. The van der Waals surface area contributed by atoms with E-state index in [0.717, 1.165) is 0 Å². The van der Waals surface area contributed by atoms with E-state index in [-0.39, 0.29) is 30.5 Å². The van der Waals surface area contributed by atoms with Crippen molar-refractivity contribution >= 4 is 10.0 Å². The molecule has 0 unspecified atom stereocenters. The first kappa shape index (κ1) is 17.1. The highest BCUT2D eigenvalue weighted by Crippen LogP contribution is 2.18. The molecule has 0 amide bonds. The Bertz CT molecular complexity index is 681. The minimum absolute atomic E-state index is 0.0267. The molecule has 7 heteroatoms. The van der Waals surface area contributed by atoms with Gasteiger partial charge in [0, 0.05) is 37.0 Å². The van der Waals surface area contributed by atoms with E-state index in [4.69, 9.17) is 10.4 Å². The van der Waals surface area contributed by atoms with Gasteiger partial charge in [0.1, 0.15) is 11.5 Å². The second-order valence-corrected chi connectivity index (χ2v) is 6.38. The lowest BCUT2D eigenvalue weighted by Gasteiger charge is -2.24. The fraction of sp³-hybridized carbons (Fsp3) is 0.429. The van der Waals surface area contributed by atoms with Crippen LogP contribution in [0.15, 0.2) is 23.4 Å². The Labute approximate surface area is 125 Å². The molecule has 1 N–H and O–H groups in total. The number of sulfonamides is 1. The topological polar surface area (TPSA) is 94.3 Å². The highest BCUT2D eigenvalue weighted by Gasteiger charge is 2.27. The lowest BCUT2D eigenvalue weighted by molar-refractivity contribution is 0.350. The predicted molar refractivity (Wildman–Crippen MR) is 77.5 cm³/mol. The predicted octanol–water partition coefficient (Wildman–Crippen LogP) is 0.738. The molecule has 0 atom stereocenters. The van der Waals surface area contributed by atoms with Crippen molar-refractivity contribution in [2.24, 2.45) is 0 Å².